The van der Waals surface area contributed by atoms with Gasteiger partial charge in [0, 0.05) is 16.8 Å². The number of fused-ring (bicyclic) bond motifs is 4. The maximum Gasteiger partial charge on any atom is 0.273 e. The van der Waals surface area contributed by atoms with E-state index >= 15 is 0 Å². The van der Waals surface area contributed by atoms with Gasteiger partial charge in [0.1, 0.15) is 11.4 Å². The highest BCUT2D eigenvalue weighted by Crippen LogP contribution is 2.36. The van der Waals surface area contributed by atoms with E-state index in [1.807, 2.05) is 18.2 Å². The Kier molecular flexibility index (Phi) is 4.86. The van der Waals surface area contributed by atoms with Crippen molar-refractivity contribution in [2.24, 2.45) is 0 Å². The van der Waals surface area contributed by atoms with Gasteiger partial charge in [0.05, 0.1) is 29.3 Å². The van der Waals surface area contributed by atoms with E-state index in [1.165, 1.54) is 11.3 Å². The SMILES string of the molecule is COc1ccc2c(c1)CCc1c-2n[nH]c1C(=O)Nc1ccc2nc(NS(C)(=O)=O)sc2c1. The molecule has 2 aromatic carbocycles. The summed E-state index contributed by atoms with van der Waals surface area (Å²) in [7, 11) is -1.77. The summed E-state index contributed by atoms with van der Waals surface area (Å²) in [6.45, 7) is 0. The Morgan fingerprint density at radius 1 is 1.19 bits per heavy atom. The summed E-state index contributed by atoms with van der Waals surface area (Å²) in [6, 6.07) is 11.1. The summed E-state index contributed by atoms with van der Waals surface area (Å²) in [5.74, 6) is 0.517. The van der Waals surface area contributed by atoms with Gasteiger partial charge in [-0.3, -0.25) is 14.6 Å². The summed E-state index contributed by atoms with van der Waals surface area (Å²) in [6.07, 6.45) is 2.57. The van der Waals surface area contributed by atoms with Crippen LogP contribution in [0.1, 0.15) is 21.6 Å². The number of H-pyrrole nitrogens is 1. The lowest BCUT2D eigenvalue weighted by atomic mass is 9.89. The molecule has 2 aromatic heterocycles. The number of nitrogens with one attached hydrogen (secondary N) is 3. The fourth-order valence-electron chi connectivity index (χ4n) is 3.81. The van der Waals surface area contributed by atoms with Crippen LogP contribution in [0.5, 0.6) is 5.75 Å². The summed E-state index contributed by atoms with van der Waals surface area (Å²) >= 11 is 1.20. The molecule has 0 saturated carbocycles. The number of aromatic amines is 1. The van der Waals surface area contributed by atoms with E-state index in [1.54, 1.807) is 25.3 Å². The number of sulfonamides is 1. The molecule has 0 aliphatic heterocycles. The topological polar surface area (TPSA) is 126 Å². The molecule has 32 heavy (non-hydrogen) atoms. The third kappa shape index (κ3) is 3.80. The number of carbonyl (C=O) groups is 1. The van der Waals surface area contributed by atoms with Gasteiger partial charge >= 0.3 is 0 Å². The van der Waals surface area contributed by atoms with Crippen LogP contribution in [0.25, 0.3) is 21.5 Å². The average molecular weight is 470 g/mol. The van der Waals surface area contributed by atoms with Gasteiger partial charge in [-0.05, 0) is 54.8 Å². The van der Waals surface area contributed by atoms with Crippen LogP contribution in [0.2, 0.25) is 0 Å². The predicted octanol–water partition coefficient (Wildman–Crippen LogP) is 3.42. The zero-order chi connectivity index (χ0) is 22.5. The lowest BCUT2D eigenvalue weighted by Gasteiger charge is -2.17. The quantitative estimate of drug-likeness (QED) is 0.411. The van der Waals surface area contributed by atoms with Crippen LogP contribution in [0.4, 0.5) is 10.8 Å². The van der Waals surface area contributed by atoms with E-state index in [9.17, 15) is 13.2 Å². The number of amides is 1. The minimum atomic E-state index is -3.41. The first kappa shape index (κ1) is 20.5. The zero-order valence-corrected chi connectivity index (χ0v) is 18.9. The highest BCUT2D eigenvalue weighted by atomic mass is 32.2. The molecule has 0 spiro atoms. The van der Waals surface area contributed by atoms with Crippen LogP contribution in [0.3, 0.4) is 0 Å². The number of benzene rings is 2. The molecule has 164 valence electrons. The van der Waals surface area contributed by atoms with Gasteiger partial charge in [-0.15, -0.1) is 0 Å². The highest BCUT2D eigenvalue weighted by Gasteiger charge is 2.25. The van der Waals surface area contributed by atoms with Crippen molar-refractivity contribution in [2.45, 2.75) is 12.8 Å². The number of aromatic nitrogens is 3. The number of thiazole rings is 1. The number of rotatable bonds is 5. The molecule has 1 aliphatic carbocycles. The molecular formula is C21H19N5O4S2. The first-order valence-corrected chi connectivity index (χ1v) is 12.5. The number of hydrogen-bond acceptors (Lipinski definition) is 7. The number of carbonyl (C=O) groups excluding carboxylic acids is 1. The molecule has 0 radical (unpaired) electrons. The highest BCUT2D eigenvalue weighted by molar-refractivity contribution is 7.92. The summed E-state index contributed by atoms with van der Waals surface area (Å²) in [5, 5.41) is 10.5. The van der Waals surface area contributed by atoms with Crippen molar-refractivity contribution in [3.8, 4) is 17.0 Å². The first-order chi connectivity index (χ1) is 15.3. The van der Waals surface area contributed by atoms with Gasteiger partial charge in [-0.2, -0.15) is 5.10 Å². The van der Waals surface area contributed by atoms with Crippen LogP contribution in [0, 0.1) is 0 Å². The number of hydrogen-bond donors (Lipinski definition) is 3. The normalized spacial score (nSPS) is 12.8. The van der Waals surface area contributed by atoms with E-state index in [0.29, 0.717) is 23.3 Å². The number of aryl methyl sites for hydroxylation is 1. The van der Waals surface area contributed by atoms with E-state index in [4.69, 9.17) is 4.74 Å². The smallest absolute Gasteiger partial charge is 0.273 e. The van der Waals surface area contributed by atoms with Crippen molar-refractivity contribution in [3.05, 3.63) is 53.2 Å². The second kappa shape index (κ2) is 7.61. The number of anilines is 2. The van der Waals surface area contributed by atoms with E-state index < -0.39 is 10.0 Å². The third-order valence-electron chi connectivity index (χ3n) is 5.23. The largest absolute Gasteiger partial charge is 0.497 e. The fraction of sp³-hybridized carbons (Fsp3) is 0.190. The second-order valence-corrected chi connectivity index (χ2v) is 10.3. The molecule has 0 unspecified atom stereocenters. The van der Waals surface area contributed by atoms with Crippen LogP contribution in [0.15, 0.2) is 36.4 Å². The van der Waals surface area contributed by atoms with Gasteiger partial charge in [0.25, 0.3) is 5.91 Å². The molecule has 4 aromatic rings. The van der Waals surface area contributed by atoms with Crippen molar-refractivity contribution in [2.75, 3.05) is 23.4 Å². The van der Waals surface area contributed by atoms with Gasteiger partial charge in [0.2, 0.25) is 10.0 Å². The van der Waals surface area contributed by atoms with E-state index in [0.717, 1.165) is 45.5 Å². The maximum absolute atomic E-state index is 13.0. The van der Waals surface area contributed by atoms with E-state index in [-0.39, 0.29) is 11.0 Å². The Labute approximate surface area is 187 Å². The van der Waals surface area contributed by atoms with Gasteiger partial charge in [-0.1, -0.05) is 11.3 Å². The fourth-order valence-corrected chi connectivity index (χ4v) is 5.55. The second-order valence-electron chi connectivity index (χ2n) is 7.48. The van der Waals surface area contributed by atoms with Crippen molar-refractivity contribution in [3.63, 3.8) is 0 Å². The van der Waals surface area contributed by atoms with E-state index in [2.05, 4.69) is 25.2 Å². The molecule has 11 heteroatoms. The molecule has 5 rings (SSSR count). The Hall–Kier alpha value is -3.44. The van der Waals surface area contributed by atoms with Crippen LogP contribution in [-0.4, -0.2) is 42.9 Å². The van der Waals surface area contributed by atoms with Crippen LogP contribution >= 0.6 is 11.3 Å². The number of ether oxygens (including phenoxy) is 1. The number of methoxy groups -OCH3 is 1. The molecule has 1 aliphatic rings. The Bertz CT molecular complexity index is 1470. The van der Waals surface area contributed by atoms with Gasteiger partial charge in [-0.25, -0.2) is 13.4 Å². The maximum atomic E-state index is 13.0. The standard InChI is InChI=1S/C21H19N5O4S2/c1-30-13-5-7-14-11(9-13)3-6-15-18(14)24-25-19(15)20(27)22-12-4-8-16-17(10-12)31-21(23-16)26-32(2,28)29/h4-5,7-10H,3,6H2,1-2H3,(H,22,27)(H,23,26)(H,24,25). The van der Waals surface area contributed by atoms with Crippen LogP contribution in [-0.2, 0) is 22.9 Å². The monoisotopic (exact) mass is 469 g/mol. The lowest BCUT2D eigenvalue weighted by Crippen LogP contribution is -2.15. The third-order valence-corrected chi connectivity index (χ3v) is 6.85. The predicted molar refractivity (Wildman–Crippen MR) is 124 cm³/mol. The number of nitrogens with zero attached hydrogens (tertiary/aromatic N) is 2. The average Bonchev–Trinajstić information content (AvgIpc) is 3.35. The minimum Gasteiger partial charge on any atom is -0.497 e. The van der Waals surface area contributed by atoms with Crippen molar-refractivity contribution in [1.82, 2.24) is 15.2 Å². The van der Waals surface area contributed by atoms with Crippen molar-refractivity contribution < 1.29 is 17.9 Å². The molecule has 1 amide bonds. The molecular weight excluding hydrogens is 450 g/mol. The summed E-state index contributed by atoms with van der Waals surface area (Å²) < 4.78 is 31.3. The molecule has 0 bridgehead atoms. The Balaban J connectivity index is 1.40. The molecule has 0 saturated heterocycles. The molecule has 9 nitrogen and oxygen atoms in total. The molecule has 3 N–H and O–H groups in total. The van der Waals surface area contributed by atoms with Crippen molar-refractivity contribution >= 4 is 48.3 Å². The first-order valence-electron chi connectivity index (χ1n) is 9.75. The summed E-state index contributed by atoms with van der Waals surface area (Å²) in [4.78, 5) is 17.2. The van der Waals surface area contributed by atoms with Gasteiger partial charge in [0.15, 0.2) is 5.13 Å². The minimum absolute atomic E-state index is 0.281. The Morgan fingerprint density at radius 3 is 2.81 bits per heavy atom. The van der Waals surface area contributed by atoms with Crippen LogP contribution < -0.4 is 14.8 Å². The zero-order valence-electron chi connectivity index (χ0n) is 17.2. The summed E-state index contributed by atoms with van der Waals surface area (Å²) in [5.41, 5.74) is 5.48. The van der Waals surface area contributed by atoms with Crippen molar-refractivity contribution in [1.29, 1.82) is 0 Å². The van der Waals surface area contributed by atoms with Gasteiger partial charge < -0.3 is 10.1 Å². The molecule has 0 fully saturated rings. The lowest BCUT2D eigenvalue weighted by molar-refractivity contribution is 0.102. The molecule has 2 heterocycles. The Morgan fingerprint density at radius 2 is 2.03 bits per heavy atom. The molecule has 0 atom stereocenters.